The van der Waals surface area contributed by atoms with Gasteiger partial charge in [-0.2, -0.15) is 0 Å². The Balaban J connectivity index is 2.72. The second kappa shape index (κ2) is 5.14. The molecule has 0 atom stereocenters. The number of rotatable bonds is 4. The summed E-state index contributed by atoms with van der Waals surface area (Å²) in [7, 11) is 0. The lowest BCUT2D eigenvalue weighted by atomic mass is 9.94. The van der Waals surface area contributed by atoms with E-state index in [-0.39, 0.29) is 5.82 Å². The third-order valence-electron chi connectivity index (χ3n) is 2.90. The Morgan fingerprint density at radius 3 is 2.36 bits per heavy atom. The molecule has 0 aliphatic carbocycles. The summed E-state index contributed by atoms with van der Waals surface area (Å²) in [5.74, 6) is 0.637. The van der Waals surface area contributed by atoms with E-state index < -0.39 is 0 Å². The molecule has 0 heterocycles. The molecule has 0 aromatic heterocycles. The first kappa shape index (κ1) is 11.2. The van der Waals surface area contributed by atoms with Crippen molar-refractivity contribution in [2.45, 2.75) is 40.0 Å². The molecule has 0 spiro atoms. The Morgan fingerprint density at radius 2 is 1.86 bits per heavy atom. The molecule has 14 heavy (non-hydrogen) atoms. The van der Waals surface area contributed by atoms with Crippen LogP contribution in [0.5, 0.6) is 0 Å². The first-order valence-corrected chi connectivity index (χ1v) is 5.42. The van der Waals surface area contributed by atoms with Crippen LogP contribution in [0.25, 0.3) is 0 Å². The molecule has 0 unspecified atom stereocenters. The first-order valence-electron chi connectivity index (χ1n) is 5.42. The van der Waals surface area contributed by atoms with Crippen LogP contribution in [0.2, 0.25) is 0 Å². The van der Waals surface area contributed by atoms with Gasteiger partial charge in [0.1, 0.15) is 5.82 Å². The third-order valence-corrected chi connectivity index (χ3v) is 2.90. The second-order valence-corrected chi connectivity index (χ2v) is 3.97. The molecule has 1 aromatic rings. The van der Waals surface area contributed by atoms with Gasteiger partial charge in [0, 0.05) is 0 Å². The molecular weight excluding hydrogens is 175 g/mol. The van der Waals surface area contributed by atoms with Gasteiger partial charge in [-0.3, -0.25) is 0 Å². The van der Waals surface area contributed by atoms with Gasteiger partial charge in [0.2, 0.25) is 0 Å². The monoisotopic (exact) mass is 194 g/mol. The second-order valence-electron chi connectivity index (χ2n) is 3.97. The van der Waals surface area contributed by atoms with Crippen LogP contribution in [-0.2, 0) is 6.42 Å². The summed E-state index contributed by atoms with van der Waals surface area (Å²) < 4.78 is 13.0. The lowest BCUT2D eigenvalue weighted by Gasteiger charge is -2.12. The molecular formula is C13H19F. The summed E-state index contributed by atoms with van der Waals surface area (Å²) >= 11 is 0. The zero-order chi connectivity index (χ0) is 10.6. The quantitative estimate of drug-likeness (QED) is 0.676. The van der Waals surface area contributed by atoms with Crippen LogP contribution in [0, 0.1) is 18.7 Å². The Bertz CT molecular complexity index is 287. The van der Waals surface area contributed by atoms with Gasteiger partial charge in [0.05, 0.1) is 0 Å². The van der Waals surface area contributed by atoms with Crippen molar-refractivity contribution in [3.8, 4) is 0 Å². The minimum atomic E-state index is -0.0988. The highest BCUT2D eigenvalue weighted by Gasteiger charge is 2.06. The van der Waals surface area contributed by atoms with Crippen molar-refractivity contribution < 1.29 is 4.39 Å². The van der Waals surface area contributed by atoms with Crippen LogP contribution in [0.15, 0.2) is 18.2 Å². The van der Waals surface area contributed by atoms with E-state index in [2.05, 4.69) is 13.8 Å². The lowest BCUT2D eigenvalue weighted by molar-refractivity contribution is 0.490. The minimum absolute atomic E-state index is 0.0988. The predicted octanol–water partition coefficient (Wildman–Crippen LogP) is 4.11. The lowest BCUT2D eigenvalue weighted by Crippen LogP contribution is -2.02. The van der Waals surface area contributed by atoms with Crippen molar-refractivity contribution in [2.24, 2.45) is 5.92 Å². The van der Waals surface area contributed by atoms with Gasteiger partial charge in [-0.15, -0.1) is 0 Å². The summed E-state index contributed by atoms with van der Waals surface area (Å²) in [5, 5.41) is 0. The number of hydrogen-bond donors (Lipinski definition) is 0. The molecule has 0 bridgehead atoms. The molecule has 0 aliphatic rings. The van der Waals surface area contributed by atoms with Crippen molar-refractivity contribution in [1.82, 2.24) is 0 Å². The predicted molar refractivity (Wildman–Crippen MR) is 58.9 cm³/mol. The van der Waals surface area contributed by atoms with Crippen molar-refractivity contribution in [1.29, 1.82) is 0 Å². The SMILES string of the molecule is CCC(CC)Cc1ccc(F)c(C)c1. The topological polar surface area (TPSA) is 0 Å². The zero-order valence-electron chi connectivity index (χ0n) is 9.31. The summed E-state index contributed by atoms with van der Waals surface area (Å²) in [4.78, 5) is 0. The van der Waals surface area contributed by atoms with Gasteiger partial charge >= 0.3 is 0 Å². The molecule has 0 fully saturated rings. The number of aryl methyl sites for hydroxylation is 1. The average Bonchev–Trinajstić information content (AvgIpc) is 2.19. The smallest absolute Gasteiger partial charge is 0.126 e. The van der Waals surface area contributed by atoms with Gasteiger partial charge in [-0.05, 0) is 36.5 Å². The van der Waals surface area contributed by atoms with Crippen LogP contribution in [-0.4, -0.2) is 0 Å². The molecule has 1 aromatic carbocycles. The Morgan fingerprint density at radius 1 is 1.21 bits per heavy atom. The van der Waals surface area contributed by atoms with Crippen molar-refractivity contribution >= 4 is 0 Å². The highest BCUT2D eigenvalue weighted by Crippen LogP contribution is 2.17. The summed E-state index contributed by atoms with van der Waals surface area (Å²) in [6.45, 7) is 6.25. The van der Waals surface area contributed by atoms with Crippen LogP contribution >= 0.6 is 0 Å². The molecule has 1 rings (SSSR count). The van der Waals surface area contributed by atoms with Crippen molar-refractivity contribution in [3.63, 3.8) is 0 Å². The highest BCUT2D eigenvalue weighted by molar-refractivity contribution is 5.24. The van der Waals surface area contributed by atoms with Crippen LogP contribution in [0.4, 0.5) is 4.39 Å². The van der Waals surface area contributed by atoms with E-state index in [1.165, 1.54) is 18.4 Å². The maximum absolute atomic E-state index is 13.0. The van der Waals surface area contributed by atoms with Crippen LogP contribution < -0.4 is 0 Å². The number of hydrogen-bond acceptors (Lipinski definition) is 0. The van der Waals surface area contributed by atoms with Crippen molar-refractivity contribution in [2.75, 3.05) is 0 Å². The molecule has 0 nitrogen and oxygen atoms in total. The third kappa shape index (κ3) is 2.83. The fraction of sp³-hybridized carbons (Fsp3) is 0.538. The Labute approximate surface area is 86.2 Å². The van der Waals surface area contributed by atoms with E-state index in [9.17, 15) is 4.39 Å². The molecule has 0 saturated heterocycles. The van der Waals surface area contributed by atoms with Gasteiger partial charge in [0.15, 0.2) is 0 Å². The highest BCUT2D eigenvalue weighted by atomic mass is 19.1. The van der Waals surface area contributed by atoms with Crippen molar-refractivity contribution in [3.05, 3.63) is 35.1 Å². The van der Waals surface area contributed by atoms with Crippen LogP contribution in [0.3, 0.4) is 0 Å². The number of halogens is 1. The summed E-state index contributed by atoms with van der Waals surface area (Å²) in [5.41, 5.74) is 2.02. The van der Waals surface area contributed by atoms with Gasteiger partial charge < -0.3 is 0 Å². The molecule has 78 valence electrons. The summed E-state index contributed by atoms with van der Waals surface area (Å²) in [6, 6.07) is 5.45. The molecule has 0 saturated carbocycles. The van der Waals surface area contributed by atoms with E-state index in [0.29, 0.717) is 0 Å². The molecule has 1 heteroatoms. The Kier molecular flexibility index (Phi) is 4.12. The molecule has 0 radical (unpaired) electrons. The van der Waals surface area contributed by atoms with Gasteiger partial charge in [-0.1, -0.05) is 38.8 Å². The van der Waals surface area contributed by atoms with E-state index in [0.717, 1.165) is 17.9 Å². The minimum Gasteiger partial charge on any atom is -0.207 e. The molecule has 0 N–H and O–H groups in total. The maximum Gasteiger partial charge on any atom is 0.126 e. The zero-order valence-corrected chi connectivity index (χ0v) is 9.31. The summed E-state index contributed by atoms with van der Waals surface area (Å²) in [6.07, 6.45) is 3.48. The average molecular weight is 194 g/mol. The van der Waals surface area contributed by atoms with Crippen LogP contribution in [0.1, 0.15) is 37.8 Å². The van der Waals surface area contributed by atoms with Gasteiger partial charge in [-0.25, -0.2) is 4.39 Å². The van der Waals surface area contributed by atoms with E-state index in [1.54, 1.807) is 6.07 Å². The maximum atomic E-state index is 13.0. The van der Waals surface area contributed by atoms with E-state index in [1.807, 2.05) is 19.1 Å². The van der Waals surface area contributed by atoms with Gasteiger partial charge in [0.25, 0.3) is 0 Å². The largest absolute Gasteiger partial charge is 0.207 e. The molecule has 0 aliphatic heterocycles. The van der Waals surface area contributed by atoms with E-state index >= 15 is 0 Å². The molecule has 0 amide bonds. The van der Waals surface area contributed by atoms with E-state index in [4.69, 9.17) is 0 Å². The first-order chi connectivity index (χ1) is 6.67. The Hall–Kier alpha value is -0.850. The standard InChI is InChI=1S/C13H19F/c1-4-11(5-2)9-12-6-7-13(14)10(3)8-12/h6-8,11H,4-5,9H2,1-3H3. The fourth-order valence-corrected chi connectivity index (χ4v) is 1.74. The fourth-order valence-electron chi connectivity index (χ4n) is 1.74. The normalized spacial score (nSPS) is 10.9. The number of benzene rings is 1.